The molecule has 0 aliphatic carbocycles. The Labute approximate surface area is 224 Å². The van der Waals surface area contributed by atoms with Gasteiger partial charge < -0.3 is 14.2 Å². The second-order valence-electron chi connectivity index (χ2n) is 7.12. The molecule has 0 N–H and O–H groups in total. The van der Waals surface area contributed by atoms with E-state index < -0.39 is 11.9 Å². The number of hydrogen-bond acceptors (Lipinski definition) is 6. The molecule has 0 unspecified atom stereocenters. The zero-order valence-corrected chi connectivity index (χ0v) is 21.8. The zero-order chi connectivity index (χ0) is 25.1. The van der Waals surface area contributed by atoms with Crippen molar-refractivity contribution in [1.29, 1.82) is 0 Å². The van der Waals surface area contributed by atoms with Crippen LogP contribution in [0.4, 0.5) is 0 Å². The van der Waals surface area contributed by atoms with Gasteiger partial charge in [0.25, 0.3) is 0 Å². The van der Waals surface area contributed by atoms with Crippen molar-refractivity contribution in [2.75, 3.05) is 6.61 Å². The van der Waals surface area contributed by atoms with Crippen LogP contribution in [0.15, 0.2) is 69.8 Å². The first-order chi connectivity index (χ1) is 16.7. The molecule has 0 radical (unpaired) electrons. The summed E-state index contributed by atoms with van der Waals surface area (Å²) >= 11 is 21.4. The van der Waals surface area contributed by atoms with Gasteiger partial charge in [-0.05, 0) is 89.1 Å². The Morgan fingerprint density at radius 2 is 1.77 bits per heavy atom. The molecule has 6 nitrogen and oxygen atoms in total. The number of aliphatic imine (C=N–C) groups is 1. The van der Waals surface area contributed by atoms with Gasteiger partial charge in [-0.15, -0.1) is 0 Å². The lowest BCUT2D eigenvalue weighted by atomic mass is 10.1. The lowest BCUT2D eigenvalue weighted by Gasteiger charge is -2.13. The molecular weight excluding hydrogens is 581 g/mol. The number of nitrogens with zero attached hydrogens (tertiary/aromatic N) is 1. The highest BCUT2D eigenvalue weighted by Gasteiger charge is 2.26. The fourth-order valence-electron chi connectivity index (χ4n) is 3.12. The van der Waals surface area contributed by atoms with Gasteiger partial charge in [-0.25, -0.2) is 14.6 Å². The minimum atomic E-state index is -0.640. The van der Waals surface area contributed by atoms with E-state index in [1.165, 1.54) is 12.1 Å². The first kappa shape index (κ1) is 25.3. The minimum Gasteiger partial charge on any atom is -0.490 e. The highest BCUT2D eigenvalue weighted by Crippen LogP contribution is 2.38. The topological polar surface area (TPSA) is 74.2 Å². The lowest BCUT2D eigenvalue weighted by molar-refractivity contribution is -0.129. The number of carbonyl (C=O) groups excluding carboxylic acids is 2. The van der Waals surface area contributed by atoms with Crippen LogP contribution in [0.2, 0.25) is 15.1 Å². The highest BCUT2D eigenvalue weighted by molar-refractivity contribution is 9.10. The fraction of sp³-hybridized carbons (Fsp3) is 0.0800. The number of halogens is 4. The molecule has 0 bridgehead atoms. The number of esters is 2. The number of hydrogen-bond donors (Lipinski definition) is 0. The first-order valence-electron chi connectivity index (χ1n) is 10.2. The van der Waals surface area contributed by atoms with Gasteiger partial charge >= 0.3 is 11.9 Å². The third-order valence-electron chi connectivity index (χ3n) is 4.69. The Bertz CT molecular complexity index is 1390. The first-order valence-corrected chi connectivity index (χ1v) is 12.1. The molecule has 3 aromatic carbocycles. The summed E-state index contributed by atoms with van der Waals surface area (Å²) in [6.45, 7) is 2.11. The summed E-state index contributed by atoms with van der Waals surface area (Å²) in [4.78, 5) is 29.3. The summed E-state index contributed by atoms with van der Waals surface area (Å²) in [5.41, 5.74) is 1.39. The van der Waals surface area contributed by atoms with Crippen molar-refractivity contribution >= 4 is 74.6 Å². The Hall–Kier alpha value is -2.84. The van der Waals surface area contributed by atoms with Crippen molar-refractivity contribution in [3.05, 3.63) is 96.5 Å². The SMILES string of the molecule is CCOc1cc(/C=C2\N=C(c3ccc(Cl)cc3Cl)OC2=O)cc(Br)c1OC(=O)c1ccc(Cl)cc1. The van der Waals surface area contributed by atoms with Gasteiger partial charge in [-0.2, -0.15) is 0 Å². The van der Waals surface area contributed by atoms with Crippen LogP contribution in [0.1, 0.15) is 28.4 Å². The van der Waals surface area contributed by atoms with Crippen molar-refractivity contribution < 1.29 is 23.8 Å². The minimum absolute atomic E-state index is 0.0614. The predicted octanol–water partition coefficient (Wildman–Crippen LogP) is 7.37. The van der Waals surface area contributed by atoms with Crippen molar-refractivity contribution in [2.24, 2.45) is 4.99 Å². The van der Waals surface area contributed by atoms with Crippen molar-refractivity contribution in [3.8, 4) is 11.5 Å². The standard InChI is InChI=1S/C25H15BrCl3NO5/c1-2-33-21-11-13(9-18(26)22(21)34-24(31)14-3-5-15(27)6-4-14)10-20-25(32)35-23(30-20)17-8-7-16(28)12-19(17)29/h3-12H,2H2,1H3/b20-10-. The quantitative estimate of drug-likeness (QED) is 0.169. The van der Waals surface area contributed by atoms with Crippen LogP contribution in [-0.4, -0.2) is 24.4 Å². The Kier molecular flexibility index (Phi) is 7.82. The van der Waals surface area contributed by atoms with Gasteiger partial charge in [0.1, 0.15) is 0 Å². The molecule has 178 valence electrons. The second-order valence-corrected chi connectivity index (χ2v) is 9.25. The van der Waals surface area contributed by atoms with E-state index in [1.807, 2.05) is 0 Å². The molecule has 10 heteroatoms. The highest BCUT2D eigenvalue weighted by atomic mass is 79.9. The maximum atomic E-state index is 12.6. The van der Waals surface area contributed by atoms with E-state index >= 15 is 0 Å². The van der Waals surface area contributed by atoms with Crippen molar-refractivity contribution in [3.63, 3.8) is 0 Å². The Morgan fingerprint density at radius 1 is 1.06 bits per heavy atom. The summed E-state index contributed by atoms with van der Waals surface area (Å²) in [5, 5.41) is 1.26. The van der Waals surface area contributed by atoms with E-state index in [4.69, 9.17) is 49.0 Å². The molecule has 1 heterocycles. The Balaban J connectivity index is 1.65. The van der Waals surface area contributed by atoms with Crippen LogP contribution in [0.3, 0.4) is 0 Å². The van der Waals surface area contributed by atoms with Crippen LogP contribution >= 0.6 is 50.7 Å². The number of rotatable bonds is 6. The van der Waals surface area contributed by atoms with E-state index in [0.717, 1.165) is 0 Å². The maximum Gasteiger partial charge on any atom is 0.363 e. The number of benzene rings is 3. The third kappa shape index (κ3) is 5.87. The van der Waals surface area contributed by atoms with Crippen LogP contribution < -0.4 is 9.47 Å². The van der Waals surface area contributed by atoms with Gasteiger partial charge in [-0.3, -0.25) is 0 Å². The molecule has 0 amide bonds. The van der Waals surface area contributed by atoms with Crippen molar-refractivity contribution in [1.82, 2.24) is 0 Å². The molecule has 0 atom stereocenters. The monoisotopic (exact) mass is 593 g/mol. The molecule has 0 aromatic heterocycles. The maximum absolute atomic E-state index is 12.6. The molecule has 4 rings (SSSR count). The van der Waals surface area contributed by atoms with Crippen LogP contribution in [0.25, 0.3) is 6.08 Å². The zero-order valence-electron chi connectivity index (χ0n) is 18.0. The smallest absolute Gasteiger partial charge is 0.363 e. The second kappa shape index (κ2) is 10.8. The molecule has 0 saturated heterocycles. The van der Waals surface area contributed by atoms with Crippen LogP contribution in [0.5, 0.6) is 11.5 Å². The largest absolute Gasteiger partial charge is 0.490 e. The van der Waals surface area contributed by atoms with Gasteiger partial charge in [0.2, 0.25) is 5.90 Å². The molecule has 35 heavy (non-hydrogen) atoms. The van der Waals surface area contributed by atoms with E-state index in [0.29, 0.717) is 48.6 Å². The summed E-state index contributed by atoms with van der Waals surface area (Å²) in [6.07, 6.45) is 1.53. The van der Waals surface area contributed by atoms with Gasteiger partial charge in [0, 0.05) is 10.0 Å². The van der Waals surface area contributed by atoms with Crippen LogP contribution in [0, 0.1) is 0 Å². The molecule has 3 aromatic rings. The summed E-state index contributed by atoms with van der Waals surface area (Å²) in [7, 11) is 0. The van der Waals surface area contributed by atoms with Crippen molar-refractivity contribution in [2.45, 2.75) is 6.92 Å². The third-order valence-corrected chi connectivity index (χ3v) is 6.08. The average molecular weight is 596 g/mol. The predicted molar refractivity (Wildman–Crippen MR) is 139 cm³/mol. The summed E-state index contributed by atoms with van der Waals surface area (Å²) in [6, 6.07) is 14.4. The molecule has 0 saturated carbocycles. The summed E-state index contributed by atoms with van der Waals surface area (Å²) < 4.78 is 17.0. The number of ether oxygens (including phenoxy) is 3. The Morgan fingerprint density at radius 3 is 2.46 bits per heavy atom. The lowest BCUT2D eigenvalue weighted by Crippen LogP contribution is -2.10. The molecular formula is C25H15BrCl3NO5. The number of cyclic esters (lactones) is 1. The van der Waals surface area contributed by atoms with E-state index in [2.05, 4.69) is 20.9 Å². The fourth-order valence-corrected chi connectivity index (χ4v) is 4.27. The molecule has 1 aliphatic heterocycles. The molecule has 0 fully saturated rings. The van der Waals surface area contributed by atoms with Gasteiger partial charge in [-0.1, -0.05) is 34.8 Å². The van der Waals surface area contributed by atoms with E-state index in [9.17, 15) is 9.59 Å². The average Bonchev–Trinajstić information content (AvgIpc) is 3.16. The number of carbonyl (C=O) groups is 2. The van der Waals surface area contributed by atoms with Gasteiger partial charge in [0.15, 0.2) is 17.2 Å². The molecule has 1 aliphatic rings. The summed E-state index contributed by atoms with van der Waals surface area (Å²) in [5.74, 6) is -0.658. The van der Waals surface area contributed by atoms with Crippen LogP contribution in [-0.2, 0) is 9.53 Å². The molecule has 0 spiro atoms. The van der Waals surface area contributed by atoms with E-state index in [-0.39, 0.29) is 17.3 Å². The van der Waals surface area contributed by atoms with Gasteiger partial charge in [0.05, 0.1) is 27.2 Å². The normalized spacial score (nSPS) is 14.0. The van der Waals surface area contributed by atoms with E-state index in [1.54, 1.807) is 55.5 Å².